The van der Waals surface area contributed by atoms with Gasteiger partial charge in [-0.25, -0.2) is 0 Å². The third-order valence-electron chi connectivity index (χ3n) is 7.03. The van der Waals surface area contributed by atoms with E-state index in [1.807, 2.05) is 9.80 Å². The van der Waals surface area contributed by atoms with Crippen molar-refractivity contribution < 1.29 is 9.59 Å². The van der Waals surface area contributed by atoms with E-state index < -0.39 is 0 Å². The van der Waals surface area contributed by atoms with Gasteiger partial charge in [0.1, 0.15) is 0 Å². The zero-order valence-electron chi connectivity index (χ0n) is 17.1. The molecule has 3 saturated heterocycles. The minimum absolute atomic E-state index is 0.211. The van der Waals surface area contributed by atoms with Crippen molar-refractivity contribution in [1.29, 1.82) is 0 Å². The Morgan fingerprint density at radius 2 is 1.89 bits per heavy atom. The van der Waals surface area contributed by atoms with Crippen molar-refractivity contribution in [3.05, 3.63) is 35.9 Å². The molecule has 3 fully saturated rings. The first-order valence-corrected chi connectivity index (χ1v) is 10.8. The second-order valence-electron chi connectivity index (χ2n) is 9.12. The van der Waals surface area contributed by atoms with E-state index in [4.69, 9.17) is 0 Å². The van der Waals surface area contributed by atoms with E-state index in [1.54, 1.807) is 0 Å². The van der Waals surface area contributed by atoms with E-state index in [2.05, 4.69) is 42.3 Å². The summed E-state index contributed by atoms with van der Waals surface area (Å²) in [4.78, 5) is 30.8. The minimum Gasteiger partial charge on any atom is -0.343 e. The first-order valence-electron chi connectivity index (χ1n) is 10.8. The molecule has 3 aliphatic rings. The van der Waals surface area contributed by atoms with Crippen molar-refractivity contribution in [2.75, 3.05) is 46.3 Å². The van der Waals surface area contributed by atoms with E-state index in [1.165, 1.54) is 12.0 Å². The fourth-order valence-electron chi connectivity index (χ4n) is 5.54. The van der Waals surface area contributed by atoms with Crippen LogP contribution in [0.5, 0.6) is 0 Å². The zero-order chi connectivity index (χ0) is 19.6. The van der Waals surface area contributed by atoms with E-state index in [9.17, 15) is 9.59 Å². The lowest BCUT2D eigenvalue weighted by atomic mass is 9.68. The predicted molar refractivity (Wildman–Crippen MR) is 110 cm³/mol. The van der Waals surface area contributed by atoms with Crippen LogP contribution < -0.4 is 0 Å². The topological polar surface area (TPSA) is 43.9 Å². The first-order chi connectivity index (χ1) is 13.5. The molecule has 0 N–H and O–H groups in total. The summed E-state index contributed by atoms with van der Waals surface area (Å²) in [5.41, 5.74) is 1.78. The number of hydrogen-bond donors (Lipinski definition) is 0. The number of benzene rings is 1. The average molecular weight is 384 g/mol. The number of rotatable bonds is 4. The van der Waals surface area contributed by atoms with Crippen molar-refractivity contribution in [3.63, 3.8) is 0 Å². The van der Waals surface area contributed by atoms with Crippen LogP contribution in [0.25, 0.3) is 0 Å². The first kappa shape index (κ1) is 19.4. The fourth-order valence-corrected chi connectivity index (χ4v) is 5.54. The van der Waals surface area contributed by atoms with Gasteiger partial charge in [-0.05, 0) is 49.6 Å². The number of hydrogen-bond acceptors (Lipinski definition) is 3. The van der Waals surface area contributed by atoms with Crippen LogP contribution in [0, 0.1) is 5.41 Å². The molecule has 3 aliphatic heterocycles. The van der Waals surface area contributed by atoms with Gasteiger partial charge in [0.25, 0.3) is 0 Å². The quantitative estimate of drug-likeness (QED) is 0.803. The van der Waals surface area contributed by atoms with Crippen molar-refractivity contribution in [1.82, 2.24) is 14.7 Å². The largest absolute Gasteiger partial charge is 0.343 e. The van der Waals surface area contributed by atoms with Crippen molar-refractivity contribution in [3.8, 4) is 0 Å². The van der Waals surface area contributed by atoms with Gasteiger partial charge in [0.2, 0.25) is 11.8 Å². The molecule has 1 spiro atoms. The molecule has 152 valence electrons. The smallest absolute Gasteiger partial charge is 0.224 e. The molecule has 28 heavy (non-hydrogen) atoms. The lowest BCUT2D eigenvalue weighted by Crippen LogP contribution is -2.51. The highest BCUT2D eigenvalue weighted by molar-refractivity contribution is 5.80. The molecular weight excluding hydrogens is 350 g/mol. The molecule has 5 nitrogen and oxygen atoms in total. The Balaban J connectivity index is 1.32. The lowest BCUT2D eigenvalue weighted by Gasteiger charge is -2.49. The SMILES string of the molecule is CN1CC(c2ccccc2)CC2(CCN(C(=O)CCN3CCCC3=O)CC2)C1. The molecule has 1 unspecified atom stereocenters. The molecule has 0 saturated carbocycles. The Bertz CT molecular complexity index is 697. The number of amides is 2. The maximum atomic E-state index is 12.7. The van der Waals surface area contributed by atoms with Gasteiger partial charge in [0, 0.05) is 52.1 Å². The van der Waals surface area contributed by atoms with E-state index in [0.717, 1.165) is 52.0 Å². The molecular formula is C23H33N3O2. The summed E-state index contributed by atoms with van der Waals surface area (Å²) in [6.45, 7) is 5.41. The molecule has 1 aromatic rings. The molecule has 1 atom stereocenters. The Kier molecular flexibility index (Phi) is 5.72. The second-order valence-corrected chi connectivity index (χ2v) is 9.12. The van der Waals surface area contributed by atoms with Crippen LogP contribution in [0.4, 0.5) is 0 Å². The number of carbonyl (C=O) groups is 2. The van der Waals surface area contributed by atoms with Crippen LogP contribution in [0.15, 0.2) is 30.3 Å². The Morgan fingerprint density at radius 3 is 2.57 bits per heavy atom. The number of carbonyl (C=O) groups excluding carboxylic acids is 2. The van der Waals surface area contributed by atoms with E-state index >= 15 is 0 Å². The molecule has 5 heteroatoms. The van der Waals surface area contributed by atoms with Crippen LogP contribution in [-0.2, 0) is 9.59 Å². The van der Waals surface area contributed by atoms with Gasteiger partial charge in [0.05, 0.1) is 0 Å². The summed E-state index contributed by atoms with van der Waals surface area (Å²) >= 11 is 0. The Morgan fingerprint density at radius 1 is 1.14 bits per heavy atom. The number of nitrogens with zero attached hydrogens (tertiary/aromatic N) is 3. The van der Waals surface area contributed by atoms with Crippen molar-refractivity contribution in [2.45, 2.75) is 44.4 Å². The Labute approximate surface area is 168 Å². The van der Waals surface area contributed by atoms with E-state index in [-0.39, 0.29) is 11.8 Å². The maximum Gasteiger partial charge on any atom is 0.224 e. The summed E-state index contributed by atoms with van der Waals surface area (Å²) in [5.74, 6) is 1.02. The molecule has 0 radical (unpaired) electrons. The maximum absolute atomic E-state index is 12.7. The minimum atomic E-state index is 0.211. The van der Waals surface area contributed by atoms with Crippen LogP contribution in [-0.4, -0.2) is 72.8 Å². The third-order valence-corrected chi connectivity index (χ3v) is 7.03. The summed E-state index contributed by atoms with van der Waals surface area (Å²) in [6, 6.07) is 10.9. The van der Waals surface area contributed by atoms with Gasteiger partial charge < -0.3 is 14.7 Å². The monoisotopic (exact) mass is 383 g/mol. The van der Waals surface area contributed by atoms with Gasteiger partial charge in [0.15, 0.2) is 0 Å². The fraction of sp³-hybridized carbons (Fsp3) is 0.652. The highest BCUT2D eigenvalue weighted by atomic mass is 16.2. The summed E-state index contributed by atoms with van der Waals surface area (Å²) in [6.07, 6.45) is 5.48. The average Bonchev–Trinajstić information content (AvgIpc) is 3.11. The van der Waals surface area contributed by atoms with Crippen LogP contribution in [0.1, 0.15) is 50.0 Å². The molecule has 3 heterocycles. The zero-order valence-corrected chi connectivity index (χ0v) is 17.1. The van der Waals surface area contributed by atoms with Gasteiger partial charge in [-0.2, -0.15) is 0 Å². The van der Waals surface area contributed by atoms with Gasteiger partial charge >= 0.3 is 0 Å². The van der Waals surface area contributed by atoms with Crippen LogP contribution >= 0.6 is 0 Å². The second kappa shape index (κ2) is 8.24. The molecule has 2 amide bonds. The molecule has 1 aromatic carbocycles. The number of piperidine rings is 2. The van der Waals surface area contributed by atoms with Crippen molar-refractivity contribution >= 4 is 11.8 Å². The standard InChI is InChI=1S/C23H33N3O2/c1-24-17-20(19-6-3-2-4-7-19)16-23(18-24)10-14-26(15-11-23)22(28)9-13-25-12-5-8-21(25)27/h2-4,6-7,20H,5,8-18H2,1H3. The van der Waals surface area contributed by atoms with Gasteiger partial charge in [-0.3, -0.25) is 9.59 Å². The molecule has 0 aliphatic carbocycles. The highest BCUT2D eigenvalue weighted by Crippen LogP contribution is 2.44. The van der Waals surface area contributed by atoms with E-state index in [0.29, 0.717) is 30.7 Å². The Hall–Kier alpha value is -1.88. The summed E-state index contributed by atoms with van der Waals surface area (Å²) in [5, 5.41) is 0. The van der Waals surface area contributed by atoms with Crippen LogP contribution in [0.2, 0.25) is 0 Å². The predicted octanol–water partition coefficient (Wildman–Crippen LogP) is 2.73. The number of likely N-dealkylation sites (N-methyl/N-ethyl adjacent to an activating group) is 1. The highest BCUT2D eigenvalue weighted by Gasteiger charge is 2.42. The molecule has 0 aromatic heterocycles. The van der Waals surface area contributed by atoms with Crippen LogP contribution in [0.3, 0.4) is 0 Å². The molecule has 0 bridgehead atoms. The summed E-state index contributed by atoms with van der Waals surface area (Å²) < 4.78 is 0. The number of likely N-dealkylation sites (tertiary alicyclic amines) is 3. The van der Waals surface area contributed by atoms with Crippen molar-refractivity contribution in [2.24, 2.45) is 5.41 Å². The normalized spacial score (nSPS) is 25.5. The van der Waals surface area contributed by atoms with Gasteiger partial charge in [-0.1, -0.05) is 30.3 Å². The summed E-state index contributed by atoms with van der Waals surface area (Å²) in [7, 11) is 2.24. The van der Waals surface area contributed by atoms with Gasteiger partial charge in [-0.15, -0.1) is 0 Å². The third kappa shape index (κ3) is 4.24. The lowest BCUT2D eigenvalue weighted by molar-refractivity contribution is -0.135. The molecule has 4 rings (SSSR count).